The number of thiocarbonyl (C=S) groups is 1. The van der Waals surface area contributed by atoms with E-state index >= 15 is 0 Å². The highest BCUT2D eigenvalue weighted by molar-refractivity contribution is 7.80. The number of carbonyl (C=O) groups excluding carboxylic acids is 1. The van der Waals surface area contributed by atoms with Crippen LogP contribution in [0.5, 0.6) is 0 Å². The molecule has 2 N–H and O–H groups in total. The predicted octanol–water partition coefficient (Wildman–Crippen LogP) is 3.16. The molecule has 0 fully saturated rings. The second kappa shape index (κ2) is 6.49. The molecule has 2 aromatic rings. The Balaban J connectivity index is 2.18. The number of methoxy groups -OCH3 is 1. The number of ether oxygens (including phenoxy) is 1. The number of nitrogens with one attached hydrogen (secondary N) is 2. The molecule has 0 spiro atoms. The van der Waals surface area contributed by atoms with Gasteiger partial charge < -0.3 is 15.4 Å². The van der Waals surface area contributed by atoms with Gasteiger partial charge >= 0.3 is 5.97 Å². The van der Waals surface area contributed by atoms with Crippen molar-refractivity contribution in [3.05, 3.63) is 41.8 Å². The van der Waals surface area contributed by atoms with E-state index in [2.05, 4.69) is 17.2 Å². The summed E-state index contributed by atoms with van der Waals surface area (Å²) in [5.41, 5.74) is 0.869. The summed E-state index contributed by atoms with van der Waals surface area (Å²) in [6, 6.07) is 7.63. The summed E-state index contributed by atoms with van der Waals surface area (Å²) < 4.78 is 5.75. The zero-order valence-electron chi connectivity index (χ0n) is 10.9. The van der Waals surface area contributed by atoms with Crippen LogP contribution in [0.3, 0.4) is 0 Å². The van der Waals surface area contributed by atoms with Crippen molar-refractivity contribution in [3.8, 4) is 0 Å². The summed E-state index contributed by atoms with van der Waals surface area (Å²) in [6.07, 6.45) is 1.73. The Labute approximate surface area is 126 Å². The number of hydrogen-bond donors (Lipinski definition) is 2. The van der Waals surface area contributed by atoms with E-state index in [0.717, 1.165) is 15.8 Å². The van der Waals surface area contributed by atoms with Gasteiger partial charge in [-0.3, -0.25) is 0 Å². The van der Waals surface area contributed by atoms with E-state index in [9.17, 15) is 4.79 Å². The standard InChI is InChI=1S/C14H14N2O2S2/c1-3-6-15-14(19)16-10-4-5-11-9(7-10)8-12(20-11)13(17)18-2/h3-5,7-8H,1,6H2,2H3,(H2,15,16,19). The Bertz CT molecular complexity index is 664. The van der Waals surface area contributed by atoms with Crippen LogP contribution in [0.25, 0.3) is 10.1 Å². The molecule has 1 aromatic carbocycles. The van der Waals surface area contributed by atoms with Crippen LogP contribution in [0.2, 0.25) is 0 Å². The first-order chi connectivity index (χ1) is 9.63. The van der Waals surface area contributed by atoms with Gasteiger partial charge in [-0.2, -0.15) is 0 Å². The molecule has 20 heavy (non-hydrogen) atoms. The summed E-state index contributed by atoms with van der Waals surface area (Å²) in [5.74, 6) is -0.316. The van der Waals surface area contributed by atoms with E-state index in [0.29, 0.717) is 16.5 Å². The first kappa shape index (κ1) is 14.5. The average Bonchev–Trinajstić information content (AvgIpc) is 2.87. The van der Waals surface area contributed by atoms with Gasteiger partial charge in [-0.1, -0.05) is 6.08 Å². The third-order valence-electron chi connectivity index (χ3n) is 2.57. The molecule has 1 aromatic heterocycles. The highest BCUT2D eigenvalue weighted by Gasteiger charge is 2.10. The third kappa shape index (κ3) is 3.34. The summed E-state index contributed by atoms with van der Waals surface area (Å²) >= 11 is 6.56. The Kier molecular flexibility index (Phi) is 4.70. The minimum atomic E-state index is -0.316. The van der Waals surface area contributed by atoms with Gasteiger partial charge in [-0.25, -0.2) is 4.79 Å². The van der Waals surface area contributed by atoms with E-state index in [4.69, 9.17) is 17.0 Å². The van der Waals surface area contributed by atoms with Crippen LogP contribution in [0.15, 0.2) is 36.9 Å². The van der Waals surface area contributed by atoms with E-state index in [-0.39, 0.29) is 5.97 Å². The van der Waals surface area contributed by atoms with Gasteiger partial charge in [0.25, 0.3) is 0 Å². The Morgan fingerprint density at radius 2 is 2.30 bits per heavy atom. The number of thiophene rings is 1. The van der Waals surface area contributed by atoms with Gasteiger partial charge in [0.2, 0.25) is 0 Å². The maximum Gasteiger partial charge on any atom is 0.348 e. The number of anilines is 1. The predicted molar refractivity (Wildman–Crippen MR) is 87.6 cm³/mol. The van der Waals surface area contributed by atoms with E-state index in [1.54, 1.807) is 6.08 Å². The Hall–Kier alpha value is -1.92. The van der Waals surface area contributed by atoms with Crippen molar-refractivity contribution >= 4 is 50.4 Å². The van der Waals surface area contributed by atoms with Crippen molar-refractivity contribution < 1.29 is 9.53 Å². The topological polar surface area (TPSA) is 50.4 Å². The first-order valence-electron chi connectivity index (χ1n) is 5.91. The summed E-state index contributed by atoms with van der Waals surface area (Å²) in [6.45, 7) is 4.23. The molecule has 6 heteroatoms. The van der Waals surface area contributed by atoms with Gasteiger partial charge in [0.15, 0.2) is 5.11 Å². The monoisotopic (exact) mass is 306 g/mol. The lowest BCUT2D eigenvalue weighted by molar-refractivity contribution is 0.0606. The molecule has 0 unspecified atom stereocenters. The fourth-order valence-corrected chi connectivity index (χ4v) is 2.82. The van der Waals surface area contributed by atoms with Crippen molar-refractivity contribution in [1.29, 1.82) is 0 Å². The Morgan fingerprint density at radius 1 is 1.50 bits per heavy atom. The second-order valence-electron chi connectivity index (χ2n) is 3.98. The lowest BCUT2D eigenvalue weighted by Crippen LogP contribution is -2.28. The van der Waals surface area contributed by atoms with Crippen molar-refractivity contribution in [1.82, 2.24) is 5.32 Å². The lowest BCUT2D eigenvalue weighted by atomic mass is 10.2. The maximum atomic E-state index is 11.5. The molecule has 2 rings (SSSR count). The SMILES string of the molecule is C=CCNC(=S)Nc1ccc2sc(C(=O)OC)cc2c1. The van der Waals surface area contributed by atoms with Gasteiger partial charge in [-0.05, 0) is 41.9 Å². The van der Waals surface area contributed by atoms with Crippen molar-refractivity contribution in [2.75, 3.05) is 19.0 Å². The van der Waals surface area contributed by atoms with Crippen LogP contribution in [-0.4, -0.2) is 24.7 Å². The molecule has 4 nitrogen and oxygen atoms in total. The molecule has 0 radical (unpaired) electrons. The number of hydrogen-bond acceptors (Lipinski definition) is 4. The summed E-state index contributed by atoms with van der Waals surface area (Å²) in [7, 11) is 1.38. The largest absolute Gasteiger partial charge is 0.465 e. The molecule has 0 aliphatic rings. The molecule has 0 aliphatic heterocycles. The number of benzene rings is 1. The highest BCUT2D eigenvalue weighted by Crippen LogP contribution is 2.28. The second-order valence-corrected chi connectivity index (χ2v) is 5.47. The number of fused-ring (bicyclic) bond motifs is 1. The molecule has 0 amide bonds. The smallest absolute Gasteiger partial charge is 0.348 e. The summed E-state index contributed by atoms with van der Waals surface area (Å²) in [4.78, 5) is 12.1. The van der Waals surface area contributed by atoms with Gasteiger partial charge in [-0.15, -0.1) is 17.9 Å². The molecule has 104 valence electrons. The van der Waals surface area contributed by atoms with E-state index in [1.807, 2.05) is 24.3 Å². The lowest BCUT2D eigenvalue weighted by Gasteiger charge is -2.08. The highest BCUT2D eigenvalue weighted by atomic mass is 32.1. The van der Waals surface area contributed by atoms with Crippen LogP contribution in [0.4, 0.5) is 5.69 Å². The normalized spacial score (nSPS) is 10.1. The van der Waals surface area contributed by atoms with Crippen LogP contribution in [0, 0.1) is 0 Å². The molecule has 0 atom stereocenters. The zero-order valence-corrected chi connectivity index (χ0v) is 12.6. The number of rotatable bonds is 4. The van der Waals surface area contributed by atoms with Crippen LogP contribution in [-0.2, 0) is 4.74 Å². The van der Waals surface area contributed by atoms with Crippen molar-refractivity contribution in [2.45, 2.75) is 0 Å². The number of esters is 1. The number of carbonyl (C=O) groups is 1. The molecule has 0 saturated heterocycles. The van der Waals surface area contributed by atoms with Crippen molar-refractivity contribution in [3.63, 3.8) is 0 Å². The zero-order chi connectivity index (χ0) is 14.5. The molecule has 1 heterocycles. The van der Waals surface area contributed by atoms with E-state index in [1.165, 1.54) is 18.4 Å². The van der Waals surface area contributed by atoms with Crippen LogP contribution >= 0.6 is 23.6 Å². The minimum Gasteiger partial charge on any atom is -0.465 e. The van der Waals surface area contributed by atoms with Crippen molar-refractivity contribution in [2.24, 2.45) is 0 Å². The van der Waals surface area contributed by atoms with Gasteiger partial charge in [0, 0.05) is 16.9 Å². The average molecular weight is 306 g/mol. The van der Waals surface area contributed by atoms with Gasteiger partial charge in [0.05, 0.1) is 7.11 Å². The molecule has 0 aliphatic carbocycles. The fourth-order valence-electron chi connectivity index (χ4n) is 1.66. The van der Waals surface area contributed by atoms with Crippen LogP contribution < -0.4 is 10.6 Å². The Morgan fingerprint density at radius 3 is 3.00 bits per heavy atom. The molecular weight excluding hydrogens is 292 g/mol. The minimum absolute atomic E-state index is 0.316. The summed E-state index contributed by atoms with van der Waals surface area (Å²) in [5, 5.41) is 7.59. The quantitative estimate of drug-likeness (QED) is 0.516. The van der Waals surface area contributed by atoms with E-state index < -0.39 is 0 Å². The first-order valence-corrected chi connectivity index (χ1v) is 7.14. The molecule has 0 bridgehead atoms. The van der Waals surface area contributed by atoms with Crippen LogP contribution in [0.1, 0.15) is 9.67 Å². The molecule has 0 saturated carbocycles. The third-order valence-corrected chi connectivity index (χ3v) is 3.91. The van der Waals surface area contributed by atoms with Gasteiger partial charge in [0.1, 0.15) is 4.88 Å². The maximum absolute atomic E-state index is 11.5. The fraction of sp³-hybridized carbons (Fsp3) is 0.143. The molecular formula is C14H14N2O2S2.